The van der Waals surface area contributed by atoms with E-state index >= 15 is 0 Å². The zero-order valence-corrected chi connectivity index (χ0v) is 20.1. The summed E-state index contributed by atoms with van der Waals surface area (Å²) in [5.74, 6) is -3.80. The van der Waals surface area contributed by atoms with Gasteiger partial charge < -0.3 is 19.5 Å². The fourth-order valence-electron chi connectivity index (χ4n) is 3.68. The van der Waals surface area contributed by atoms with Gasteiger partial charge in [0.1, 0.15) is 5.82 Å². The highest BCUT2D eigenvalue weighted by Gasteiger charge is 2.43. The van der Waals surface area contributed by atoms with E-state index in [-0.39, 0.29) is 29.6 Å². The van der Waals surface area contributed by atoms with Gasteiger partial charge in [-0.2, -0.15) is 8.78 Å². The maximum atomic E-state index is 13.5. The fraction of sp³-hybridized carbons (Fsp3) is 0.391. The molecule has 2 aromatic rings. The lowest BCUT2D eigenvalue weighted by Crippen LogP contribution is -2.58. The molecule has 7 nitrogen and oxygen atoms in total. The average molecular weight is 545 g/mol. The predicted octanol–water partition coefficient (Wildman–Crippen LogP) is 4.14. The quantitative estimate of drug-likeness (QED) is 0.538. The van der Waals surface area contributed by atoms with Crippen LogP contribution in [0, 0.1) is 5.82 Å². The molecule has 0 bridgehead atoms. The summed E-state index contributed by atoms with van der Waals surface area (Å²) in [5.41, 5.74) is 0.962. The van der Waals surface area contributed by atoms with Crippen molar-refractivity contribution in [1.29, 1.82) is 0 Å². The molecule has 0 radical (unpaired) electrons. The summed E-state index contributed by atoms with van der Waals surface area (Å²) in [6.45, 7) is 5.05. The van der Waals surface area contributed by atoms with Crippen LogP contribution in [0.25, 0.3) is 0 Å². The van der Waals surface area contributed by atoms with Crippen molar-refractivity contribution < 1.29 is 37.3 Å². The van der Waals surface area contributed by atoms with E-state index in [4.69, 9.17) is 9.84 Å². The maximum absolute atomic E-state index is 13.5. The number of amides is 1. The van der Waals surface area contributed by atoms with Gasteiger partial charge in [-0.25, -0.2) is 9.18 Å². The standard InChI is InChI=1S/C23H24BrF3N2O5/c1-14-11-29(15(2)10-28(14)12-16-3-6-18(25)7-4-16)21(30)13-33-19-8-5-17(24)9-20(19)34-23(26,27)22(31)32/h3-9,14-15H,10-13H2,1-2H3,(H,31,32)/t14-,15+/m0/s1. The van der Waals surface area contributed by atoms with Crippen molar-refractivity contribution in [3.63, 3.8) is 0 Å². The molecule has 1 heterocycles. The van der Waals surface area contributed by atoms with Gasteiger partial charge in [-0.3, -0.25) is 9.69 Å². The van der Waals surface area contributed by atoms with Crippen LogP contribution in [-0.2, 0) is 16.1 Å². The molecular weight excluding hydrogens is 521 g/mol. The van der Waals surface area contributed by atoms with E-state index < -0.39 is 24.4 Å². The number of hydrogen-bond donors (Lipinski definition) is 1. The molecule has 0 aliphatic carbocycles. The van der Waals surface area contributed by atoms with Crippen LogP contribution in [0.5, 0.6) is 11.5 Å². The van der Waals surface area contributed by atoms with Crippen LogP contribution in [-0.4, -0.2) is 64.7 Å². The smallest absolute Gasteiger partial charge is 0.480 e. The molecule has 0 saturated carbocycles. The topological polar surface area (TPSA) is 79.3 Å². The van der Waals surface area contributed by atoms with Gasteiger partial charge in [0, 0.05) is 36.2 Å². The molecule has 2 atom stereocenters. The maximum Gasteiger partial charge on any atom is 0.502 e. The van der Waals surface area contributed by atoms with Crippen molar-refractivity contribution in [3.05, 3.63) is 58.3 Å². The highest BCUT2D eigenvalue weighted by atomic mass is 79.9. The van der Waals surface area contributed by atoms with Crippen LogP contribution in [0.1, 0.15) is 19.4 Å². The zero-order valence-electron chi connectivity index (χ0n) is 18.5. The Morgan fingerprint density at radius 2 is 1.76 bits per heavy atom. The number of carbonyl (C=O) groups excluding carboxylic acids is 1. The van der Waals surface area contributed by atoms with Crippen molar-refractivity contribution in [2.24, 2.45) is 0 Å². The molecule has 1 amide bonds. The zero-order chi connectivity index (χ0) is 25.0. The molecule has 184 valence electrons. The monoisotopic (exact) mass is 544 g/mol. The molecule has 34 heavy (non-hydrogen) atoms. The van der Waals surface area contributed by atoms with Gasteiger partial charge >= 0.3 is 12.1 Å². The summed E-state index contributed by atoms with van der Waals surface area (Å²) in [6, 6.07) is 10.1. The van der Waals surface area contributed by atoms with Crippen LogP contribution in [0.15, 0.2) is 46.9 Å². The molecule has 0 unspecified atom stereocenters. The highest BCUT2D eigenvalue weighted by molar-refractivity contribution is 9.10. The Labute approximate surface area is 203 Å². The van der Waals surface area contributed by atoms with E-state index in [9.17, 15) is 22.8 Å². The Morgan fingerprint density at radius 1 is 1.09 bits per heavy atom. The minimum Gasteiger partial charge on any atom is -0.480 e. The molecule has 3 rings (SSSR count). The minimum absolute atomic E-state index is 0.0195. The first kappa shape index (κ1) is 25.8. The molecule has 1 aliphatic heterocycles. The normalized spacial score (nSPS) is 19.1. The summed E-state index contributed by atoms with van der Waals surface area (Å²) >= 11 is 3.10. The average Bonchev–Trinajstić information content (AvgIpc) is 2.76. The summed E-state index contributed by atoms with van der Waals surface area (Å²) in [6.07, 6.45) is -4.46. The van der Waals surface area contributed by atoms with E-state index in [0.717, 1.165) is 11.6 Å². The Morgan fingerprint density at radius 3 is 2.41 bits per heavy atom. The fourth-order valence-corrected chi connectivity index (χ4v) is 4.02. The van der Waals surface area contributed by atoms with Gasteiger partial charge in [-0.1, -0.05) is 28.1 Å². The first-order chi connectivity index (χ1) is 16.0. The molecule has 2 aromatic carbocycles. The molecule has 1 N–H and O–H groups in total. The van der Waals surface area contributed by atoms with Crippen LogP contribution < -0.4 is 9.47 Å². The van der Waals surface area contributed by atoms with Gasteiger partial charge in [0.05, 0.1) is 0 Å². The highest BCUT2D eigenvalue weighted by Crippen LogP contribution is 2.34. The van der Waals surface area contributed by atoms with Crippen molar-refractivity contribution in [2.75, 3.05) is 19.7 Å². The van der Waals surface area contributed by atoms with Crippen LogP contribution >= 0.6 is 15.9 Å². The molecule has 11 heteroatoms. The van der Waals surface area contributed by atoms with Gasteiger partial charge in [0.15, 0.2) is 18.1 Å². The molecule has 0 aromatic heterocycles. The first-order valence-corrected chi connectivity index (χ1v) is 11.3. The number of piperazine rings is 1. The lowest BCUT2D eigenvalue weighted by atomic mass is 10.1. The third-order valence-electron chi connectivity index (χ3n) is 5.48. The first-order valence-electron chi connectivity index (χ1n) is 10.5. The van der Waals surface area contributed by atoms with E-state index in [1.165, 1.54) is 24.3 Å². The Bertz CT molecular complexity index is 1040. The number of hydrogen-bond acceptors (Lipinski definition) is 5. The Hall–Kier alpha value is -2.79. The second kappa shape index (κ2) is 10.6. The van der Waals surface area contributed by atoms with Crippen molar-refractivity contribution >= 4 is 27.8 Å². The van der Waals surface area contributed by atoms with Crippen molar-refractivity contribution in [2.45, 2.75) is 38.6 Å². The lowest BCUT2D eigenvalue weighted by Gasteiger charge is -2.44. The third-order valence-corrected chi connectivity index (χ3v) is 5.97. The van der Waals surface area contributed by atoms with E-state index in [1.54, 1.807) is 17.0 Å². The molecular formula is C23H24BrF3N2O5. The summed E-state index contributed by atoms with van der Waals surface area (Å²) < 4.78 is 50.4. The number of nitrogens with zero attached hydrogens (tertiary/aromatic N) is 2. The number of rotatable bonds is 8. The Balaban J connectivity index is 1.62. The van der Waals surface area contributed by atoms with Gasteiger partial charge in [-0.15, -0.1) is 0 Å². The molecule has 0 spiro atoms. The van der Waals surface area contributed by atoms with E-state index in [2.05, 4.69) is 25.6 Å². The van der Waals surface area contributed by atoms with Gasteiger partial charge in [0.25, 0.3) is 5.91 Å². The van der Waals surface area contributed by atoms with Crippen molar-refractivity contribution in [1.82, 2.24) is 9.80 Å². The van der Waals surface area contributed by atoms with Gasteiger partial charge in [-0.05, 0) is 49.7 Å². The molecule has 1 fully saturated rings. The van der Waals surface area contributed by atoms with E-state index in [0.29, 0.717) is 24.1 Å². The van der Waals surface area contributed by atoms with Crippen molar-refractivity contribution in [3.8, 4) is 11.5 Å². The third kappa shape index (κ3) is 6.41. The number of benzene rings is 2. The van der Waals surface area contributed by atoms with Crippen LogP contribution in [0.3, 0.4) is 0 Å². The molecule has 1 aliphatic rings. The number of aliphatic carboxylic acids is 1. The summed E-state index contributed by atoms with van der Waals surface area (Å²) in [7, 11) is 0. The van der Waals surface area contributed by atoms with E-state index in [1.807, 2.05) is 13.8 Å². The summed E-state index contributed by atoms with van der Waals surface area (Å²) in [5, 5.41) is 8.62. The number of ether oxygens (including phenoxy) is 2. The number of carbonyl (C=O) groups is 2. The number of carboxylic acid groups (broad SMARTS) is 1. The lowest BCUT2D eigenvalue weighted by molar-refractivity contribution is -0.211. The SMILES string of the molecule is C[C@@H]1CN(Cc2ccc(F)cc2)[C@@H](C)CN1C(=O)COc1ccc(Br)cc1OC(F)(F)C(=O)O. The summed E-state index contributed by atoms with van der Waals surface area (Å²) in [4.78, 5) is 27.4. The number of alkyl halides is 2. The van der Waals surface area contributed by atoms with Crippen LogP contribution in [0.4, 0.5) is 13.2 Å². The predicted molar refractivity (Wildman–Crippen MR) is 120 cm³/mol. The second-order valence-electron chi connectivity index (χ2n) is 8.10. The Kier molecular flexibility index (Phi) is 8.09. The molecule has 1 saturated heterocycles. The number of carboxylic acids is 1. The van der Waals surface area contributed by atoms with Gasteiger partial charge in [0.2, 0.25) is 0 Å². The minimum atomic E-state index is -4.46. The van der Waals surface area contributed by atoms with Crippen LogP contribution in [0.2, 0.25) is 0 Å². The number of halogens is 4. The second-order valence-corrected chi connectivity index (χ2v) is 9.02. The largest absolute Gasteiger partial charge is 0.502 e.